The largest absolute Gasteiger partial charge is 0.384 e. The molecule has 136 valence electrons. The number of halogens is 2. The highest BCUT2D eigenvalue weighted by Gasteiger charge is 2.18. The molecule has 10 heteroatoms. The van der Waals surface area contributed by atoms with Crippen molar-refractivity contribution >= 4 is 23.2 Å². The maximum Gasteiger partial charge on any atom is 0.262 e. The summed E-state index contributed by atoms with van der Waals surface area (Å²) in [5.41, 5.74) is 6.67. The van der Waals surface area contributed by atoms with Gasteiger partial charge in [-0.15, -0.1) is 0 Å². The highest BCUT2D eigenvalue weighted by Crippen LogP contribution is 2.21. The van der Waals surface area contributed by atoms with E-state index >= 15 is 0 Å². The van der Waals surface area contributed by atoms with Crippen LogP contribution >= 0.6 is 0 Å². The zero-order valence-corrected chi connectivity index (χ0v) is 14.0. The summed E-state index contributed by atoms with van der Waals surface area (Å²) >= 11 is 0. The van der Waals surface area contributed by atoms with Crippen LogP contribution in [-0.4, -0.2) is 30.3 Å². The number of hydrogen-bond acceptors (Lipinski definition) is 5. The fraction of sp³-hybridized carbons (Fsp3) is 0.0588. The quantitative estimate of drug-likeness (QED) is 0.577. The van der Waals surface area contributed by atoms with Crippen molar-refractivity contribution in [2.24, 2.45) is 0 Å². The van der Waals surface area contributed by atoms with Crippen LogP contribution in [0.4, 0.5) is 20.4 Å². The fourth-order valence-corrected chi connectivity index (χ4v) is 2.65. The minimum absolute atomic E-state index is 0.00188. The van der Waals surface area contributed by atoms with Crippen molar-refractivity contribution in [3.63, 3.8) is 0 Å². The Morgan fingerprint density at radius 2 is 2.04 bits per heavy atom. The van der Waals surface area contributed by atoms with Crippen molar-refractivity contribution < 1.29 is 13.6 Å². The number of nitrogen functional groups attached to an aromatic ring is 1. The molecule has 0 atom stereocenters. The van der Waals surface area contributed by atoms with E-state index < -0.39 is 17.5 Å². The van der Waals surface area contributed by atoms with Gasteiger partial charge >= 0.3 is 0 Å². The van der Waals surface area contributed by atoms with Crippen LogP contribution in [-0.2, 0) is 0 Å². The van der Waals surface area contributed by atoms with Gasteiger partial charge in [-0.2, -0.15) is 10.2 Å². The number of nitrogens with zero attached hydrogens (tertiary/aromatic N) is 5. The van der Waals surface area contributed by atoms with E-state index in [0.717, 1.165) is 12.1 Å². The number of hydrogen-bond donors (Lipinski definition) is 2. The number of fused-ring (bicyclic) bond motifs is 1. The summed E-state index contributed by atoms with van der Waals surface area (Å²) < 4.78 is 29.9. The minimum atomic E-state index is -0.806. The lowest BCUT2D eigenvalue weighted by molar-refractivity contribution is 0.102. The van der Waals surface area contributed by atoms with E-state index in [1.54, 1.807) is 25.3 Å². The van der Waals surface area contributed by atoms with Crippen molar-refractivity contribution in [2.45, 2.75) is 6.92 Å². The maximum atomic E-state index is 14.1. The number of nitrogens with two attached hydrogens (primary N) is 1. The summed E-state index contributed by atoms with van der Waals surface area (Å²) in [6, 6.07) is 6.21. The van der Waals surface area contributed by atoms with Gasteiger partial charge in [-0.25, -0.2) is 23.0 Å². The van der Waals surface area contributed by atoms with E-state index in [1.807, 2.05) is 0 Å². The first-order chi connectivity index (χ1) is 12.9. The normalized spacial score (nSPS) is 11.1. The monoisotopic (exact) mass is 369 g/mol. The molecule has 3 heterocycles. The van der Waals surface area contributed by atoms with Gasteiger partial charge in [0.15, 0.2) is 11.5 Å². The smallest absolute Gasteiger partial charge is 0.262 e. The van der Waals surface area contributed by atoms with Gasteiger partial charge in [0.2, 0.25) is 0 Å². The molecular weight excluding hydrogens is 356 g/mol. The Labute approximate surface area is 151 Å². The van der Waals surface area contributed by atoms with Gasteiger partial charge in [-0.3, -0.25) is 4.79 Å². The first-order valence-corrected chi connectivity index (χ1v) is 7.85. The van der Waals surface area contributed by atoms with Crippen molar-refractivity contribution in [3.8, 4) is 5.69 Å². The van der Waals surface area contributed by atoms with Gasteiger partial charge in [0.25, 0.3) is 5.91 Å². The summed E-state index contributed by atoms with van der Waals surface area (Å²) in [6.45, 7) is 1.69. The summed E-state index contributed by atoms with van der Waals surface area (Å²) in [7, 11) is 0. The van der Waals surface area contributed by atoms with Crippen LogP contribution in [0.2, 0.25) is 0 Å². The third kappa shape index (κ3) is 2.97. The number of anilines is 2. The summed E-state index contributed by atoms with van der Waals surface area (Å²) in [6.07, 6.45) is 2.93. The van der Waals surface area contributed by atoms with Crippen molar-refractivity contribution in [3.05, 3.63) is 65.6 Å². The molecule has 8 nitrogen and oxygen atoms in total. The van der Waals surface area contributed by atoms with Crippen LogP contribution < -0.4 is 11.1 Å². The second kappa shape index (κ2) is 6.16. The van der Waals surface area contributed by atoms with Crippen molar-refractivity contribution in [1.29, 1.82) is 0 Å². The molecule has 4 rings (SSSR count). The molecule has 0 unspecified atom stereocenters. The molecule has 0 fully saturated rings. The molecule has 0 spiro atoms. The third-order valence-corrected chi connectivity index (χ3v) is 3.85. The first kappa shape index (κ1) is 16.6. The SMILES string of the molecule is Cc1cc(NC(=O)c2cnn3ccc(N)nc23)n(-c2ccc(F)cc2F)n1. The Bertz CT molecular complexity index is 1180. The Morgan fingerprint density at radius 3 is 2.81 bits per heavy atom. The molecule has 0 aliphatic heterocycles. The minimum Gasteiger partial charge on any atom is -0.384 e. The average Bonchev–Trinajstić information content (AvgIpc) is 3.18. The number of rotatable bonds is 3. The number of aromatic nitrogens is 5. The van der Waals surface area contributed by atoms with Crippen molar-refractivity contribution in [2.75, 3.05) is 11.1 Å². The van der Waals surface area contributed by atoms with Crippen LogP contribution in [0, 0.1) is 18.6 Å². The van der Waals surface area contributed by atoms with Crippen LogP contribution in [0.15, 0.2) is 42.7 Å². The van der Waals surface area contributed by atoms with E-state index in [0.29, 0.717) is 5.69 Å². The van der Waals surface area contributed by atoms with Gasteiger partial charge in [0.1, 0.15) is 28.7 Å². The van der Waals surface area contributed by atoms with E-state index in [2.05, 4.69) is 20.5 Å². The van der Waals surface area contributed by atoms with Crippen LogP contribution in [0.5, 0.6) is 0 Å². The lowest BCUT2D eigenvalue weighted by atomic mass is 10.3. The zero-order chi connectivity index (χ0) is 19.1. The van der Waals surface area contributed by atoms with Gasteiger partial charge in [0.05, 0.1) is 11.9 Å². The zero-order valence-electron chi connectivity index (χ0n) is 14.0. The van der Waals surface area contributed by atoms with Gasteiger partial charge < -0.3 is 11.1 Å². The Kier molecular flexibility index (Phi) is 3.80. The van der Waals surface area contributed by atoms with Gasteiger partial charge in [-0.1, -0.05) is 0 Å². The molecule has 1 amide bonds. The highest BCUT2D eigenvalue weighted by atomic mass is 19.1. The Morgan fingerprint density at radius 1 is 1.22 bits per heavy atom. The predicted molar refractivity (Wildman–Crippen MR) is 93.6 cm³/mol. The molecule has 3 N–H and O–H groups in total. The lowest BCUT2D eigenvalue weighted by Crippen LogP contribution is -2.16. The second-order valence-corrected chi connectivity index (χ2v) is 5.81. The number of nitrogens with one attached hydrogen (secondary N) is 1. The molecule has 3 aromatic heterocycles. The topological polar surface area (TPSA) is 103 Å². The summed E-state index contributed by atoms with van der Waals surface area (Å²) in [5.74, 6) is -1.58. The van der Waals surface area contributed by atoms with Crippen LogP contribution in [0.3, 0.4) is 0 Å². The predicted octanol–water partition coefficient (Wildman–Crippen LogP) is 2.34. The molecule has 0 saturated carbocycles. The van der Waals surface area contributed by atoms with E-state index in [4.69, 9.17) is 5.73 Å². The van der Waals surface area contributed by atoms with Crippen LogP contribution in [0.25, 0.3) is 11.3 Å². The number of amides is 1. The first-order valence-electron chi connectivity index (χ1n) is 7.85. The molecule has 4 aromatic rings. The Hall–Kier alpha value is -3.82. The molecule has 1 aromatic carbocycles. The molecule has 0 aliphatic rings. The summed E-state index contributed by atoms with van der Waals surface area (Å²) in [4.78, 5) is 16.8. The molecule has 0 aliphatic carbocycles. The second-order valence-electron chi connectivity index (χ2n) is 5.81. The highest BCUT2D eigenvalue weighted by molar-refractivity contribution is 6.08. The van der Waals surface area contributed by atoms with E-state index in [-0.39, 0.29) is 28.5 Å². The Balaban J connectivity index is 1.72. The van der Waals surface area contributed by atoms with Crippen LogP contribution in [0.1, 0.15) is 16.1 Å². The number of carbonyl (C=O) groups is 1. The molecule has 27 heavy (non-hydrogen) atoms. The van der Waals surface area contributed by atoms with E-state index in [1.165, 1.54) is 21.5 Å². The lowest BCUT2D eigenvalue weighted by Gasteiger charge is -2.09. The van der Waals surface area contributed by atoms with Crippen molar-refractivity contribution in [1.82, 2.24) is 24.4 Å². The maximum absolute atomic E-state index is 14.1. The fourth-order valence-electron chi connectivity index (χ4n) is 2.65. The number of carbonyl (C=O) groups excluding carboxylic acids is 1. The molecule has 0 bridgehead atoms. The molecular formula is C17H13F2N7O. The third-order valence-electron chi connectivity index (χ3n) is 3.85. The molecule has 0 saturated heterocycles. The van der Waals surface area contributed by atoms with E-state index in [9.17, 15) is 13.6 Å². The number of benzene rings is 1. The number of aryl methyl sites for hydroxylation is 1. The summed E-state index contributed by atoms with van der Waals surface area (Å²) in [5, 5.41) is 10.9. The standard InChI is InChI=1S/C17H13F2N7O/c1-9-6-15(26(24-9)13-3-2-10(18)7-12(13)19)23-17(27)11-8-21-25-5-4-14(20)22-16(11)25/h2-8H,1H3,(H2,20,22)(H,23,27). The molecule has 0 radical (unpaired) electrons. The van der Waals surface area contributed by atoms with Gasteiger partial charge in [0, 0.05) is 18.3 Å². The van der Waals surface area contributed by atoms with Gasteiger partial charge in [-0.05, 0) is 25.1 Å². The average molecular weight is 369 g/mol.